The molecule has 0 fully saturated rings. The Kier molecular flexibility index (Phi) is 4.96. The summed E-state index contributed by atoms with van der Waals surface area (Å²) in [5.74, 6) is -0.727. The standard InChI is InChI=1S/C12H13NO2.C8H7N/c14-12(15)7-3-4-9-8-13-11-6-2-1-5-10(9)11;1-2-4-8-7(3-1)5-6-9-8/h1-2,5-6,8,13H,3-4,7H2,(H,14,15);1-6,9H. The van der Waals surface area contributed by atoms with Gasteiger partial charge in [-0.3, -0.25) is 4.79 Å². The second-order valence-corrected chi connectivity index (χ2v) is 5.67. The van der Waals surface area contributed by atoms with Crippen LogP contribution in [0, 0.1) is 0 Å². The summed E-state index contributed by atoms with van der Waals surface area (Å²) in [6.07, 6.45) is 5.66. The van der Waals surface area contributed by atoms with Crippen LogP contribution in [0.15, 0.2) is 67.0 Å². The van der Waals surface area contributed by atoms with E-state index in [-0.39, 0.29) is 6.42 Å². The molecule has 0 saturated carbocycles. The van der Waals surface area contributed by atoms with Crippen LogP contribution in [0.2, 0.25) is 0 Å². The molecule has 0 aliphatic heterocycles. The van der Waals surface area contributed by atoms with Gasteiger partial charge in [-0.15, -0.1) is 0 Å². The van der Waals surface area contributed by atoms with Crippen LogP contribution in [-0.2, 0) is 11.2 Å². The molecule has 2 aromatic carbocycles. The van der Waals surface area contributed by atoms with Gasteiger partial charge >= 0.3 is 5.97 Å². The number of aromatic amines is 2. The lowest BCUT2D eigenvalue weighted by Crippen LogP contribution is -1.95. The zero-order chi connectivity index (χ0) is 16.8. The van der Waals surface area contributed by atoms with Crippen molar-refractivity contribution in [3.63, 3.8) is 0 Å². The van der Waals surface area contributed by atoms with Crippen LogP contribution in [0.4, 0.5) is 0 Å². The minimum atomic E-state index is -0.727. The summed E-state index contributed by atoms with van der Waals surface area (Å²) in [5.41, 5.74) is 3.52. The number of carboxylic acids is 1. The van der Waals surface area contributed by atoms with Gasteiger partial charge in [0.2, 0.25) is 0 Å². The van der Waals surface area contributed by atoms with Crippen LogP contribution in [-0.4, -0.2) is 21.0 Å². The Morgan fingerprint density at radius 3 is 2.46 bits per heavy atom. The van der Waals surface area contributed by atoms with Gasteiger partial charge in [-0.1, -0.05) is 36.4 Å². The van der Waals surface area contributed by atoms with Gasteiger partial charge in [0.25, 0.3) is 0 Å². The number of hydrogen-bond donors (Lipinski definition) is 3. The highest BCUT2D eigenvalue weighted by Crippen LogP contribution is 2.19. The number of carboxylic acid groups (broad SMARTS) is 1. The Labute approximate surface area is 140 Å². The molecule has 4 aromatic rings. The number of fused-ring (bicyclic) bond motifs is 2. The average Bonchev–Trinajstić information content (AvgIpc) is 3.22. The van der Waals surface area contributed by atoms with E-state index in [1.54, 1.807) is 0 Å². The van der Waals surface area contributed by atoms with Gasteiger partial charge in [0.05, 0.1) is 0 Å². The van der Waals surface area contributed by atoms with Crippen molar-refractivity contribution >= 4 is 27.8 Å². The second-order valence-electron chi connectivity index (χ2n) is 5.67. The molecule has 0 spiro atoms. The Morgan fingerprint density at radius 1 is 0.917 bits per heavy atom. The molecule has 24 heavy (non-hydrogen) atoms. The Morgan fingerprint density at radius 2 is 1.67 bits per heavy atom. The van der Waals surface area contributed by atoms with E-state index in [2.05, 4.69) is 34.2 Å². The Balaban J connectivity index is 0.000000159. The van der Waals surface area contributed by atoms with E-state index < -0.39 is 5.97 Å². The van der Waals surface area contributed by atoms with Crippen molar-refractivity contribution in [1.29, 1.82) is 0 Å². The van der Waals surface area contributed by atoms with Gasteiger partial charge in [0.15, 0.2) is 0 Å². The fourth-order valence-corrected chi connectivity index (χ4v) is 2.76. The maximum absolute atomic E-state index is 10.4. The number of aliphatic carboxylic acids is 1. The number of hydrogen-bond acceptors (Lipinski definition) is 1. The highest BCUT2D eigenvalue weighted by atomic mass is 16.4. The van der Waals surface area contributed by atoms with Crippen LogP contribution in [0.3, 0.4) is 0 Å². The lowest BCUT2D eigenvalue weighted by atomic mass is 10.1. The first kappa shape index (κ1) is 15.9. The van der Waals surface area contributed by atoms with Crippen molar-refractivity contribution in [2.24, 2.45) is 0 Å². The maximum atomic E-state index is 10.4. The van der Waals surface area contributed by atoms with Gasteiger partial charge in [-0.05, 0) is 42.0 Å². The molecule has 122 valence electrons. The van der Waals surface area contributed by atoms with Crippen LogP contribution in [0.5, 0.6) is 0 Å². The molecule has 4 heteroatoms. The molecule has 0 amide bonds. The average molecular weight is 320 g/mol. The lowest BCUT2D eigenvalue weighted by molar-refractivity contribution is -0.137. The number of rotatable bonds is 4. The number of carbonyl (C=O) groups is 1. The summed E-state index contributed by atoms with van der Waals surface area (Å²) >= 11 is 0. The Hall–Kier alpha value is -3.01. The van der Waals surface area contributed by atoms with E-state index >= 15 is 0 Å². The highest BCUT2D eigenvalue weighted by Gasteiger charge is 2.03. The fraction of sp³-hybridized carbons (Fsp3) is 0.150. The topological polar surface area (TPSA) is 68.9 Å². The second kappa shape index (κ2) is 7.51. The van der Waals surface area contributed by atoms with Gasteiger partial charge in [-0.2, -0.15) is 0 Å². The van der Waals surface area contributed by atoms with Gasteiger partial charge in [-0.25, -0.2) is 0 Å². The van der Waals surface area contributed by atoms with Crippen LogP contribution < -0.4 is 0 Å². The van der Waals surface area contributed by atoms with Crippen molar-refractivity contribution in [2.45, 2.75) is 19.3 Å². The van der Waals surface area contributed by atoms with Crippen molar-refractivity contribution in [1.82, 2.24) is 9.97 Å². The third-order valence-corrected chi connectivity index (χ3v) is 3.97. The number of aryl methyl sites for hydroxylation is 1. The minimum absolute atomic E-state index is 0.236. The third-order valence-electron chi connectivity index (χ3n) is 3.97. The first-order chi connectivity index (χ1) is 11.7. The van der Waals surface area contributed by atoms with Crippen LogP contribution in [0.25, 0.3) is 21.8 Å². The molecule has 0 atom stereocenters. The van der Waals surface area contributed by atoms with Crippen molar-refractivity contribution in [3.8, 4) is 0 Å². The Bertz CT molecular complexity index is 907. The number of aromatic nitrogens is 2. The molecule has 0 bridgehead atoms. The molecule has 0 saturated heterocycles. The predicted molar refractivity (Wildman–Crippen MR) is 97.2 cm³/mol. The zero-order valence-electron chi connectivity index (χ0n) is 13.3. The quantitative estimate of drug-likeness (QED) is 0.508. The number of H-pyrrole nitrogens is 2. The summed E-state index contributed by atoms with van der Waals surface area (Å²) in [5, 5.41) is 11.0. The van der Waals surface area contributed by atoms with E-state index in [4.69, 9.17) is 5.11 Å². The molecule has 4 nitrogen and oxygen atoms in total. The molecule has 2 aromatic heterocycles. The summed E-state index contributed by atoms with van der Waals surface area (Å²) in [7, 11) is 0. The largest absolute Gasteiger partial charge is 0.481 e. The summed E-state index contributed by atoms with van der Waals surface area (Å²) in [6.45, 7) is 0. The van der Waals surface area contributed by atoms with Gasteiger partial charge in [0, 0.05) is 35.2 Å². The van der Waals surface area contributed by atoms with Crippen molar-refractivity contribution in [3.05, 3.63) is 72.6 Å². The molecule has 0 unspecified atom stereocenters. The SMILES string of the molecule is O=C(O)CCCc1c[nH]c2ccccc12.c1ccc2[nH]ccc2c1. The molecular formula is C20H20N2O2. The fourth-order valence-electron chi connectivity index (χ4n) is 2.76. The van der Waals surface area contributed by atoms with E-state index in [0.717, 1.165) is 11.9 Å². The zero-order valence-corrected chi connectivity index (χ0v) is 13.3. The monoisotopic (exact) mass is 320 g/mol. The van der Waals surface area contributed by atoms with Crippen LogP contribution in [0.1, 0.15) is 18.4 Å². The number of benzene rings is 2. The van der Waals surface area contributed by atoms with Crippen molar-refractivity contribution in [2.75, 3.05) is 0 Å². The first-order valence-corrected chi connectivity index (χ1v) is 8.03. The highest BCUT2D eigenvalue weighted by molar-refractivity contribution is 5.83. The lowest BCUT2D eigenvalue weighted by Gasteiger charge is -1.96. The molecule has 2 heterocycles. The molecule has 0 aliphatic carbocycles. The van der Waals surface area contributed by atoms with Crippen molar-refractivity contribution < 1.29 is 9.90 Å². The van der Waals surface area contributed by atoms with Crippen LogP contribution >= 0.6 is 0 Å². The molecule has 4 rings (SSSR count). The number of nitrogens with one attached hydrogen (secondary N) is 2. The molecule has 3 N–H and O–H groups in total. The summed E-state index contributed by atoms with van der Waals surface area (Å²) in [4.78, 5) is 16.7. The number of para-hydroxylation sites is 2. The molecule has 0 aliphatic rings. The molecular weight excluding hydrogens is 300 g/mol. The van der Waals surface area contributed by atoms with E-state index in [9.17, 15) is 4.79 Å². The third kappa shape index (κ3) is 3.84. The first-order valence-electron chi connectivity index (χ1n) is 8.03. The predicted octanol–water partition coefficient (Wildman–Crippen LogP) is 4.74. The molecule has 0 radical (unpaired) electrons. The van der Waals surface area contributed by atoms with Gasteiger partial charge in [0.1, 0.15) is 0 Å². The minimum Gasteiger partial charge on any atom is -0.481 e. The summed E-state index contributed by atoms with van der Waals surface area (Å²) < 4.78 is 0. The van der Waals surface area contributed by atoms with E-state index in [1.165, 1.54) is 21.9 Å². The van der Waals surface area contributed by atoms with Gasteiger partial charge < -0.3 is 15.1 Å². The maximum Gasteiger partial charge on any atom is 0.303 e. The normalized spacial score (nSPS) is 10.5. The van der Waals surface area contributed by atoms with E-state index in [1.807, 2.05) is 42.7 Å². The van der Waals surface area contributed by atoms with E-state index in [0.29, 0.717) is 6.42 Å². The summed E-state index contributed by atoms with van der Waals surface area (Å²) in [6, 6.07) is 18.3. The smallest absolute Gasteiger partial charge is 0.303 e.